The van der Waals surface area contributed by atoms with Crippen molar-refractivity contribution in [2.75, 3.05) is 7.05 Å². The van der Waals surface area contributed by atoms with Gasteiger partial charge in [-0.2, -0.15) is 0 Å². The number of nitrogens with one attached hydrogen (secondary N) is 1. The monoisotopic (exact) mass is 312 g/mol. The molecule has 0 radical (unpaired) electrons. The van der Waals surface area contributed by atoms with Crippen LogP contribution in [0, 0.1) is 0 Å². The number of ether oxygens (including phenoxy) is 1. The number of alkyl halides is 1. The third-order valence-corrected chi connectivity index (χ3v) is 2.47. The van der Waals surface area contributed by atoms with Crippen molar-refractivity contribution < 1.29 is 9.53 Å². The van der Waals surface area contributed by atoms with E-state index in [0.717, 1.165) is 0 Å². The van der Waals surface area contributed by atoms with Crippen LogP contribution in [0.1, 0.15) is 20.8 Å². The molecule has 1 atom stereocenters. The lowest BCUT2D eigenvalue weighted by Gasteiger charge is -2.25. The molecule has 1 N–H and O–H groups in total. The van der Waals surface area contributed by atoms with E-state index in [2.05, 4.69) is 34.5 Å². The molecule has 1 unspecified atom stereocenters. The van der Waals surface area contributed by atoms with E-state index >= 15 is 0 Å². The second-order valence-electron chi connectivity index (χ2n) is 3.83. The molecule has 82 valence electrons. The van der Waals surface area contributed by atoms with Gasteiger partial charge in [-0.05, 0) is 49.6 Å². The molecule has 0 saturated carbocycles. The van der Waals surface area contributed by atoms with Crippen LogP contribution >= 0.6 is 22.6 Å². The van der Waals surface area contributed by atoms with Gasteiger partial charge < -0.3 is 9.64 Å². The van der Waals surface area contributed by atoms with Gasteiger partial charge in [0.2, 0.25) is 0 Å². The Morgan fingerprint density at radius 1 is 1.64 bits per heavy atom. The summed E-state index contributed by atoms with van der Waals surface area (Å²) in [4.78, 5) is 13.1. The minimum Gasteiger partial charge on any atom is -0.444 e. The van der Waals surface area contributed by atoms with Gasteiger partial charge in [0.1, 0.15) is 5.60 Å². The largest absolute Gasteiger partial charge is 0.444 e. The van der Waals surface area contributed by atoms with Crippen molar-refractivity contribution in [1.82, 2.24) is 10.2 Å². The Labute approximate surface area is 98.8 Å². The standard InChI is InChI=1S/C9H17IN2O2/c1-6-12(5)7(10)11-8(13)14-9(2,3)4/h6-7H,1H2,2-5H3,(H,11,13). The molecular weight excluding hydrogens is 295 g/mol. The van der Waals surface area contributed by atoms with Crippen molar-refractivity contribution in [3.63, 3.8) is 0 Å². The molecule has 4 nitrogen and oxygen atoms in total. The van der Waals surface area contributed by atoms with Crippen LogP contribution in [0.25, 0.3) is 0 Å². The van der Waals surface area contributed by atoms with Crippen molar-refractivity contribution in [2.24, 2.45) is 0 Å². The summed E-state index contributed by atoms with van der Waals surface area (Å²) in [6.45, 7) is 9.07. The lowest BCUT2D eigenvalue weighted by Crippen LogP contribution is -2.42. The summed E-state index contributed by atoms with van der Waals surface area (Å²) in [5.74, 6) is 0. The Balaban J connectivity index is 4.01. The summed E-state index contributed by atoms with van der Waals surface area (Å²) in [6.07, 6.45) is 1.21. The molecule has 0 spiro atoms. The molecule has 14 heavy (non-hydrogen) atoms. The van der Waals surface area contributed by atoms with Crippen LogP contribution in [0.5, 0.6) is 0 Å². The lowest BCUT2D eigenvalue weighted by molar-refractivity contribution is 0.0502. The van der Waals surface area contributed by atoms with Crippen LogP contribution in [0.2, 0.25) is 0 Å². The van der Waals surface area contributed by atoms with Gasteiger partial charge in [0.25, 0.3) is 0 Å². The molecular formula is C9H17IN2O2. The predicted octanol–water partition coefficient (Wildman–Crippen LogP) is 2.31. The molecule has 0 aliphatic carbocycles. The highest BCUT2D eigenvalue weighted by Gasteiger charge is 2.18. The molecule has 0 fully saturated rings. The lowest BCUT2D eigenvalue weighted by atomic mass is 10.2. The van der Waals surface area contributed by atoms with E-state index in [1.165, 1.54) is 0 Å². The quantitative estimate of drug-likeness (QED) is 0.376. The van der Waals surface area contributed by atoms with Crippen molar-refractivity contribution in [2.45, 2.75) is 30.5 Å². The number of hydrogen-bond donors (Lipinski definition) is 1. The maximum atomic E-state index is 11.3. The Bertz CT molecular complexity index is 213. The van der Waals surface area contributed by atoms with E-state index in [0.29, 0.717) is 0 Å². The molecule has 0 aliphatic rings. The number of alkyl carbamates (subject to hydrolysis) is 1. The van der Waals surface area contributed by atoms with Gasteiger partial charge in [0.05, 0.1) is 0 Å². The summed E-state index contributed by atoms with van der Waals surface area (Å²) in [5.41, 5.74) is -0.465. The average Bonchev–Trinajstić information content (AvgIpc) is 1.99. The summed E-state index contributed by atoms with van der Waals surface area (Å²) in [5, 5.41) is 2.67. The van der Waals surface area contributed by atoms with Crippen molar-refractivity contribution in [3.05, 3.63) is 12.8 Å². The second-order valence-corrected chi connectivity index (χ2v) is 5.01. The van der Waals surface area contributed by atoms with Gasteiger partial charge >= 0.3 is 6.09 Å². The normalized spacial score (nSPS) is 12.9. The van der Waals surface area contributed by atoms with E-state index in [1.54, 1.807) is 11.1 Å². The van der Waals surface area contributed by atoms with Gasteiger partial charge in [-0.3, -0.25) is 5.32 Å². The van der Waals surface area contributed by atoms with Gasteiger partial charge in [-0.1, -0.05) is 6.58 Å². The van der Waals surface area contributed by atoms with Crippen LogP contribution in [-0.4, -0.2) is 27.8 Å². The number of halogens is 1. The minimum atomic E-state index is -0.465. The molecule has 0 saturated heterocycles. The van der Waals surface area contributed by atoms with E-state index in [1.807, 2.05) is 27.8 Å². The SMILES string of the molecule is C=CN(C)C(I)NC(=O)OC(C)(C)C. The van der Waals surface area contributed by atoms with Crippen molar-refractivity contribution in [1.29, 1.82) is 0 Å². The first-order chi connectivity index (χ1) is 6.26. The first-order valence-corrected chi connectivity index (χ1v) is 5.49. The number of hydrogen-bond acceptors (Lipinski definition) is 3. The van der Waals surface area contributed by atoms with Crippen LogP contribution < -0.4 is 5.32 Å². The zero-order valence-electron chi connectivity index (χ0n) is 9.00. The summed E-state index contributed by atoms with van der Waals surface area (Å²) in [7, 11) is 1.82. The van der Waals surface area contributed by atoms with Gasteiger partial charge in [-0.15, -0.1) is 0 Å². The van der Waals surface area contributed by atoms with Crippen LogP contribution in [0.15, 0.2) is 12.8 Å². The Hall–Kier alpha value is -0.460. The number of rotatable bonds is 3. The molecule has 0 heterocycles. The maximum absolute atomic E-state index is 11.3. The van der Waals surface area contributed by atoms with Crippen LogP contribution in [-0.2, 0) is 4.74 Å². The number of carbonyl (C=O) groups is 1. The summed E-state index contributed by atoms with van der Waals surface area (Å²) in [6, 6.07) is 0. The average molecular weight is 312 g/mol. The maximum Gasteiger partial charge on any atom is 0.409 e. The highest BCUT2D eigenvalue weighted by atomic mass is 127. The molecule has 1 amide bonds. The highest BCUT2D eigenvalue weighted by Crippen LogP contribution is 2.08. The molecule has 0 bridgehead atoms. The molecule has 5 heteroatoms. The number of carbonyl (C=O) groups excluding carboxylic acids is 1. The fourth-order valence-electron chi connectivity index (χ4n) is 0.599. The molecule has 0 aromatic rings. The van der Waals surface area contributed by atoms with E-state index in [4.69, 9.17) is 4.74 Å². The third kappa shape index (κ3) is 6.06. The number of nitrogens with zero attached hydrogens (tertiary/aromatic N) is 1. The fourth-order valence-corrected chi connectivity index (χ4v) is 1.08. The predicted molar refractivity (Wildman–Crippen MR) is 65.1 cm³/mol. The fraction of sp³-hybridized carbons (Fsp3) is 0.667. The smallest absolute Gasteiger partial charge is 0.409 e. The Kier molecular flexibility index (Phi) is 5.25. The first kappa shape index (κ1) is 13.5. The van der Waals surface area contributed by atoms with Crippen molar-refractivity contribution >= 4 is 28.7 Å². The van der Waals surface area contributed by atoms with E-state index in [9.17, 15) is 4.79 Å². The molecule has 0 rings (SSSR count). The first-order valence-electron chi connectivity index (χ1n) is 4.24. The number of amides is 1. The van der Waals surface area contributed by atoms with Crippen LogP contribution in [0.4, 0.5) is 4.79 Å². The van der Waals surface area contributed by atoms with E-state index in [-0.39, 0.29) is 4.17 Å². The van der Waals surface area contributed by atoms with Gasteiger partial charge in [0.15, 0.2) is 4.17 Å². The summed E-state index contributed by atoms with van der Waals surface area (Å²) < 4.78 is 4.93. The van der Waals surface area contributed by atoms with E-state index < -0.39 is 11.7 Å². The molecule has 0 aliphatic heterocycles. The zero-order valence-corrected chi connectivity index (χ0v) is 11.2. The Morgan fingerprint density at radius 2 is 2.14 bits per heavy atom. The molecule has 0 aromatic heterocycles. The molecule has 0 aromatic carbocycles. The highest BCUT2D eigenvalue weighted by molar-refractivity contribution is 14.1. The third-order valence-electron chi connectivity index (χ3n) is 1.28. The minimum absolute atomic E-state index is 0.153. The van der Waals surface area contributed by atoms with Gasteiger partial charge in [0, 0.05) is 7.05 Å². The summed E-state index contributed by atoms with van der Waals surface area (Å²) >= 11 is 2.08. The van der Waals surface area contributed by atoms with Crippen LogP contribution in [0.3, 0.4) is 0 Å². The second kappa shape index (κ2) is 5.43. The van der Waals surface area contributed by atoms with Gasteiger partial charge in [-0.25, -0.2) is 4.79 Å². The van der Waals surface area contributed by atoms with Crippen molar-refractivity contribution in [3.8, 4) is 0 Å². The zero-order chi connectivity index (χ0) is 11.4. The Morgan fingerprint density at radius 3 is 2.50 bits per heavy atom. The topological polar surface area (TPSA) is 41.6 Å².